The molecule has 1 atom stereocenters. The summed E-state index contributed by atoms with van der Waals surface area (Å²) in [5.74, 6) is 1.46. The molecule has 0 radical (unpaired) electrons. The number of amides is 1. The molecule has 1 aliphatic rings. The summed E-state index contributed by atoms with van der Waals surface area (Å²) in [5.41, 5.74) is 5.53. The van der Waals surface area contributed by atoms with Crippen LogP contribution in [0.1, 0.15) is 34.7 Å². The second kappa shape index (κ2) is 7.88. The van der Waals surface area contributed by atoms with E-state index in [1.165, 1.54) is 5.56 Å². The van der Waals surface area contributed by atoms with Crippen molar-refractivity contribution in [3.63, 3.8) is 0 Å². The van der Waals surface area contributed by atoms with Crippen LogP contribution in [0.25, 0.3) is 17.2 Å². The Hall–Kier alpha value is -4.07. The van der Waals surface area contributed by atoms with Crippen LogP contribution in [0.15, 0.2) is 54.7 Å². The van der Waals surface area contributed by atoms with Gasteiger partial charge in [-0.2, -0.15) is 14.9 Å². The lowest BCUT2D eigenvalue weighted by Crippen LogP contribution is -2.25. The van der Waals surface area contributed by atoms with Crippen molar-refractivity contribution in [3.05, 3.63) is 77.1 Å². The number of hydrogen-bond donors (Lipinski definition) is 1. The number of carbonyl (C=O) groups is 1. The van der Waals surface area contributed by atoms with Gasteiger partial charge in [-0.15, -0.1) is 5.10 Å². The molecule has 3 heterocycles. The Morgan fingerprint density at radius 1 is 1.12 bits per heavy atom. The van der Waals surface area contributed by atoms with Gasteiger partial charge in [0.2, 0.25) is 5.91 Å². The zero-order valence-corrected chi connectivity index (χ0v) is 18.0. The number of carbonyl (C=O) groups excluding carboxylic acids is 1. The van der Waals surface area contributed by atoms with Crippen LogP contribution in [0.4, 0.5) is 5.82 Å². The van der Waals surface area contributed by atoms with E-state index in [-0.39, 0.29) is 11.8 Å². The van der Waals surface area contributed by atoms with E-state index in [9.17, 15) is 4.79 Å². The second-order valence-corrected chi connectivity index (χ2v) is 7.85. The summed E-state index contributed by atoms with van der Waals surface area (Å²) < 4.78 is 6.88. The number of methoxy groups -OCH3 is 1. The minimum atomic E-state index is -0.0809. The third kappa shape index (κ3) is 3.49. The van der Waals surface area contributed by atoms with Crippen molar-refractivity contribution in [2.45, 2.75) is 26.2 Å². The van der Waals surface area contributed by atoms with E-state index in [0.29, 0.717) is 23.9 Å². The molecule has 160 valence electrons. The molecule has 0 aliphatic carbocycles. The van der Waals surface area contributed by atoms with E-state index in [2.05, 4.69) is 49.9 Å². The van der Waals surface area contributed by atoms with Crippen LogP contribution in [-0.4, -0.2) is 38.0 Å². The fourth-order valence-electron chi connectivity index (χ4n) is 4.08. The molecular weight excluding hydrogens is 404 g/mol. The molecule has 0 fully saturated rings. The molecule has 8 nitrogen and oxygen atoms in total. The number of ether oxygens (including phenoxy) is 1. The highest BCUT2D eigenvalue weighted by Crippen LogP contribution is 2.40. The lowest BCUT2D eigenvalue weighted by molar-refractivity contribution is -0.116. The SMILES string of the molecule is COc1cccc(-c2cnnc(-n3nc(C)c4c3NC(=O)C[C@H]4c3ccc(C)cc3)n2)c1. The molecule has 32 heavy (non-hydrogen) atoms. The van der Waals surface area contributed by atoms with Gasteiger partial charge in [-0.05, 0) is 31.5 Å². The van der Waals surface area contributed by atoms with Gasteiger partial charge in [0.25, 0.3) is 5.95 Å². The van der Waals surface area contributed by atoms with Gasteiger partial charge >= 0.3 is 0 Å². The number of anilines is 1. The van der Waals surface area contributed by atoms with Crippen LogP contribution in [0.3, 0.4) is 0 Å². The zero-order chi connectivity index (χ0) is 22.2. The maximum atomic E-state index is 12.6. The molecule has 5 rings (SSSR count). The summed E-state index contributed by atoms with van der Waals surface area (Å²) in [4.78, 5) is 17.3. The molecule has 0 saturated heterocycles. The minimum Gasteiger partial charge on any atom is -0.497 e. The number of fused-ring (bicyclic) bond motifs is 1. The summed E-state index contributed by atoms with van der Waals surface area (Å²) in [6, 6.07) is 15.8. The summed E-state index contributed by atoms with van der Waals surface area (Å²) >= 11 is 0. The molecule has 2 aromatic carbocycles. The molecule has 1 N–H and O–H groups in total. The number of aryl methyl sites for hydroxylation is 2. The summed E-state index contributed by atoms with van der Waals surface area (Å²) in [6.07, 6.45) is 1.96. The van der Waals surface area contributed by atoms with Gasteiger partial charge in [0.15, 0.2) is 0 Å². The first-order chi connectivity index (χ1) is 15.5. The lowest BCUT2D eigenvalue weighted by Gasteiger charge is -2.24. The fourth-order valence-corrected chi connectivity index (χ4v) is 4.08. The first-order valence-electron chi connectivity index (χ1n) is 10.3. The molecule has 4 aromatic rings. The van der Waals surface area contributed by atoms with Crippen molar-refractivity contribution in [2.24, 2.45) is 0 Å². The Morgan fingerprint density at radius 3 is 2.72 bits per heavy atom. The molecular formula is C24H22N6O2. The average molecular weight is 426 g/mol. The Morgan fingerprint density at radius 2 is 1.94 bits per heavy atom. The van der Waals surface area contributed by atoms with Gasteiger partial charge < -0.3 is 10.1 Å². The highest BCUT2D eigenvalue weighted by atomic mass is 16.5. The van der Waals surface area contributed by atoms with E-state index in [0.717, 1.165) is 28.1 Å². The zero-order valence-electron chi connectivity index (χ0n) is 18.0. The van der Waals surface area contributed by atoms with Crippen molar-refractivity contribution >= 4 is 11.7 Å². The summed E-state index contributed by atoms with van der Waals surface area (Å²) in [7, 11) is 1.62. The van der Waals surface area contributed by atoms with Gasteiger partial charge in [0.05, 0.1) is 24.7 Å². The highest BCUT2D eigenvalue weighted by molar-refractivity contribution is 5.95. The number of nitrogens with one attached hydrogen (secondary N) is 1. The van der Waals surface area contributed by atoms with Gasteiger partial charge in [-0.25, -0.2) is 4.98 Å². The first kappa shape index (κ1) is 19.9. The summed E-state index contributed by atoms with van der Waals surface area (Å²) in [5, 5.41) is 16.0. The number of rotatable bonds is 4. The van der Waals surface area contributed by atoms with Gasteiger partial charge in [-0.3, -0.25) is 4.79 Å². The van der Waals surface area contributed by atoms with Crippen molar-refractivity contribution in [2.75, 3.05) is 12.4 Å². The average Bonchev–Trinajstić information content (AvgIpc) is 3.15. The fraction of sp³-hybridized carbons (Fsp3) is 0.208. The van der Waals surface area contributed by atoms with Gasteiger partial charge in [-0.1, -0.05) is 42.0 Å². The predicted octanol–water partition coefficient (Wildman–Crippen LogP) is 3.82. The van der Waals surface area contributed by atoms with Crippen LogP contribution in [-0.2, 0) is 4.79 Å². The lowest BCUT2D eigenvalue weighted by atomic mass is 9.85. The second-order valence-electron chi connectivity index (χ2n) is 7.85. The molecule has 0 bridgehead atoms. The van der Waals surface area contributed by atoms with Crippen LogP contribution in [0.5, 0.6) is 5.75 Å². The smallest absolute Gasteiger partial charge is 0.272 e. The van der Waals surface area contributed by atoms with Crippen molar-refractivity contribution < 1.29 is 9.53 Å². The van der Waals surface area contributed by atoms with E-state index < -0.39 is 0 Å². The standard InChI is InChI=1S/C24H22N6O2/c1-14-7-9-16(10-8-14)19-12-21(31)27-23-22(19)15(2)29-30(23)24-26-20(13-25-28-24)17-5-4-6-18(11-17)32-3/h4-11,13,19H,12H2,1-3H3,(H,27,31)/t19-/m0/s1. The van der Waals surface area contributed by atoms with Crippen molar-refractivity contribution in [1.29, 1.82) is 0 Å². The molecule has 2 aromatic heterocycles. The predicted molar refractivity (Wildman–Crippen MR) is 120 cm³/mol. The Kier molecular flexibility index (Phi) is 4.89. The normalized spacial score (nSPS) is 15.2. The third-order valence-electron chi connectivity index (χ3n) is 5.68. The van der Waals surface area contributed by atoms with Gasteiger partial charge in [0, 0.05) is 23.5 Å². The third-order valence-corrected chi connectivity index (χ3v) is 5.68. The van der Waals surface area contributed by atoms with Crippen molar-refractivity contribution in [1.82, 2.24) is 25.0 Å². The Bertz CT molecular complexity index is 1310. The maximum absolute atomic E-state index is 12.6. The molecule has 1 aliphatic heterocycles. The molecule has 8 heteroatoms. The molecule has 0 saturated carbocycles. The number of aromatic nitrogens is 5. The first-order valence-corrected chi connectivity index (χ1v) is 10.3. The van der Waals surface area contributed by atoms with Crippen LogP contribution >= 0.6 is 0 Å². The maximum Gasteiger partial charge on any atom is 0.272 e. The number of hydrogen-bond acceptors (Lipinski definition) is 6. The Labute approximate surface area is 185 Å². The topological polar surface area (TPSA) is 94.8 Å². The van der Waals surface area contributed by atoms with E-state index in [4.69, 9.17) is 4.74 Å². The minimum absolute atomic E-state index is 0.0684. The van der Waals surface area contributed by atoms with E-state index in [1.54, 1.807) is 18.0 Å². The van der Waals surface area contributed by atoms with Crippen LogP contribution < -0.4 is 10.1 Å². The number of nitrogens with zero attached hydrogens (tertiary/aromatic N) is 5. The van der Waals surface area contributed by atoms with Gasteiger partial charge in [0.1, 0.15) is 11.6 Å². The summed E-state index contributed by atoms with van der Waals surface area (Å²) in [6.45, 7) is 3.99. The quantitative estimate of drug-likeness (QED) is 0.533. The van der Waals surface area contributed by atoms with Crippen molar-refractivity contribution in [3.8, 4) is 23.0 Å². The molecule has 0 spiro atoms. The molecule has 1 amide bonds. The molecule has 0 unspecified atom stereocenters. The van der Waals surface area contributed by atoms with E-state index >= 15 is 0 Å². The highest BCUT2D eigenvalue weighted by Gasteiger charge is 2.33. The monoisotopic (exact) mass is 426 g/mol. The largest absolute Gasteiger partial charge is 0.497 e. The number of benzene rings is 2. The Balaban J connectivity index is 1.60. The van der Waals surface area contributed by atoms with E-state index in [1.807, 2.05) is 38.1 Å². The van der Waals surface area contributed by atoms with Crippen LogP contribution in [0.2, 0.25) is 0 Å². The van der Waals surface area contributed by atoms with Crippen LogP contribution in [0, 0.1) is 13.8 Å².